The van der Waals surface area contributed by atoms with Crippen molar-refractivity contribution in [2.24, 2.45) is 0 Å². The molecule has 0 aromatic heterocycles. The topological polar surface area (TPSA) is 58.6 Å². The van der Waals surface area contributed by atoms with Crippen LogP contribution in [0.1, 0.15) is 20.3 Å². The van der Waals surface area contributed by atoms with Gasteiger partial charge in [-0.1, -0.05) is 0 Å². The standard InChI is InChI=1S/C8H17NO3/c1-3-12-5-4-8(11)9-6-7(2)10/h7,10H,3-6H2,1-2H3,(H,9,11)/t7-/m0/s1. The largest absolute Gasteiger partial charge is 0.392 e. The van der Waals surface area contributed by atoms with E-state index in [1.165, 1.54) is 0 Å². The highest BCUT2D eigenvalue weighted by molar-refractivity contribution is 5.75. The van der Waals surface area contributed by atoms with Crippen LogP contribution in [0.25, 0.3) is 0 Å². The fraction of sp³-hybridized carbons (Fsp3) is 0.875. The molecule has 1 atom stereocenters. The van der Waals surface area contributed by atoms with Crippen LogP contribution in [-0.2, 0) is 9.53 Å². The first-order valence-electron chi connectivity index (χ1n) is 4.19. The first-order valence-corrected chi connectivity index (χ1v) is 4.19. The molecule has 0 aromatic rings. The quantitative estimate of drug-likeness (QED) is 0.555. The Labute approximate surface area is 72.9 Å². The second-order valence-corrected chi connectivity index (χ2v) is 2.60. The van der Waals surface area contributed by atoms with Gasteiger partial charge in [-0.15, -0.1) is 0 Å². The molecule has 0 heterocycles. The molecule has 4 nitrogen and oxygen atoms in total. The number of carbonyl (C=O) groups is 1. The lowest BCUT2D eigenvalue weighted by molar-refractivity contribution is -0.122. The minimum atomic E-state index is -0.485. The minimum Gasteiger partial charge on any atom is -0.392 e. The van der Waals surface area contributed by atoms with Gasteiger partial charge in [0.2, 0.25) is 5.91 Å². The normalized spacial score (nSPS) is 12.6. The summed E-state index contributed by atoms with van der Waals surface area (Å²) in [6, 6.07) is 0. The monoisotopic (exact) mass is 175 g/mol. The van der Waals surface area contributed by atoms with Crippen LogP contribution in [0, 0.1) is 0 Å². The van der Waals surface area contributed by atoms with E-state index in [9.17, 15) is 4.79 Å². The van der Waals surface area contributed by atoms with Crippen molar-refractivity contribution >= 4 is 5.91 Å². The molecule has 0 unspecified atom stereocenters. The predicted molar refractivity (Wildman–Crippen MR) is 45.8 cm³/mol. The molecule has 2 N–H and O–H groups in total. The van der Waals surface area contributed by atoms with E-state index in [4.69, 9.17) is 9.84 Å². The predicted octanol–water partition coefficient (Wildman–Crippen LogP) is -0.0900. The molecule has 4 heteroatoms. The molecule has 0 saturated heterocycles. The first-order chi connectivity index (χ1) is 5.66. The Morgan fingerprint density at radius 2 is 2.33 bits per heavy atom. The Bertz CT molecular complexity index is 125. The summed E-state index contributed by atoms with van der Waals surface area (Å²) in [5.74, 6) is -0.0793. The van der Waals surface area contributed by atoms with Crippen LogP contribution in [0.3, 0.4) is 0 Å². The van der Waals surface area contributed by atoms with E-state index in [2.05, 4.69) is 5.32 Å². The molecule has 0 fully saturated rings. The highest BCUT2D eigenvalue weighted by atomic mass is 16.5. The second kappa shape index (κ2) is 7.06. The van der Waals surface area contributed by atoms with Crippen LogP contribution in [0.2, 0.25) is 0 Å². The maximum Gasteiger partial charge on any atom is 0.222 e. The van der Waals surface area contributed by atoms with Crippen LogP contribution in [0.5, 0.6) is 0 Å². The van der Waals surface area contributed by atoms with Crippen molar-refractivity contribution in [3.8, 4) is 0 Å². The van der Waals surface area contributed by atoms with Gasteiger partial charge in [-0.2, -0.15) is 0 Å². The van der Waals surface area contributed by atoms with E-state index in [-0.39, 0.29) is 5.91 Å². The molecule has 0 aliphatic rings. The summed E-state index contributed by atoms with van der Waals surface area (Å²) in [6.45, 7) is 4.90. The molecule has 0 aliphatic carbocycles. The Hall–Kier alpha value is -0.610. The third kappa shape index (κ3) is 7.50. The third-order valence-electron chi connectivity index (χ3n) is 1.27. The Kier molecular flexibility index (Phi) is 6.70. The average molecular weight is 175 g/mol. The lowest BCUT2D eigenvalue weighted by Gasteiger charge is -2.06. The Morgan fingerprint density at radius 1 is 1.67 bits per heavy atom. The van der Waals surface area contributed by atoms with Crippen molar-refractivity contribution in [2.45, 2.75) is 26.4 Å². The summed E-state index contributed by atoms with van der Waals surface area (Å²) >= 11 is 0. The van der Waals surface area contributed by atoms with E-state index in [0.717, 1.165) is 0 Å². The summed E-state index contributed by atoms with van der Waals surface area (Å²) in [5.41, 5.74) is 0. The third-order valence-corrected chi connectivity index (χ3v) is 1.27. The number of amides is 1. The van der Waals surface area contributed by atoms with E-state index < -0.39 is 6.10 Å². The number of carbonyl (C=O) groups excluding carboxylic acids is 1. The van der Waals surface area contributed by atoms with Crippen LogP contribution in [0.15, 0.2) is 0 Å². The van der Waals surface area contributed by atoms with Gasteiger partial charge in [0.25, 0.3) is 0 Å². The number of hydrogen-bond acceptors (Lipinski definition) is 3. The molecule has 0 aromatic carbocycles. The van der Waals surface area contributed by atoms with Gasteiger partial charge in [0, 0.05) is 19.6 Å². The number of hydrogen-bond donors (Lipinski definition) is 2. The average Bonchev–Trinajstić information content (AvgIpc) is 2.01. The van der Waals surface area contributed by atoms with Crippen molar-refractivity contribution < 1.29 is 14.6 Å². The Morgan fingerprint density at radius 3 is 2.83 bits per heavy atom. The van der Waals surface area contributed by atoms with Gasteiger partial charge in [-0.05, 0) is 13.8 Å². The van der Waals surface area contributed by atoms with Gasteiger partial charge >= 0.3 is 0 Å². The Balaban J connectivity index is 3.22. The number of aliphatic hydroxyl groups excluding tert-OH is 1. The molecule has 12 heavy (non-hydrogen) atoms. The molecule has 1 amide bonds. The van der Waals surface area contributed by atoms with Crippen LogP contribution < -0.4 is 5.32 Å². The van der Waals surface area contributed by atoms with Gasteiger partial charge in [0.05, 0.1) is 12.7 Å². The smallest absolute Gasteiger partial charge is 0.222 e. The van der Waals surface area contributed by atoms with Crippen LogP contribution >= 0.6 is 0 Å². The molecule has 0 rings (SSSR count). The molecule has 0 aliphatic heterocycles. The lowest BCUT2D eigenvalue weighted by atomic mass is 10.3. The maximum atomic E-state index is 10.9. The first kappa shape index (κ1) is 11.4. The lowest BCUT2D eigenvalue weighted by Crippen LogP contribution is -2.31. The molecule has 0 radical (unpaired) electrons. The fourth-order valence-electron chi connectivity index (χ4n) is 0.659. The summed E-state index contributed by atoms with van der Waals surface area (Å²) < 4.78 is 4.99. The second-order valence-electron chi connectivity index (χ2n) is 2.60. The molecule has 0 saturated carbocycles. The number of rotatable bonds is 6. The summed E-state index contributed by atoms with van der Waals surface area (Å²) in [7, 11) is 0. The zero-order valence-corrected chi connectivity index (χ0v) is 7.67. The van der Waals surface area contributed by atoms with Crippen LogP contribution in [-0.4, -0.2) is 36.9 Å². The number of ether oxygens (including phenoxy) is 1. The zero-order chi connectivity index (χ0) is 9.40. The molecule has 0 spiro atoms. The van der Waals surface area contributed by atoms with E-state index in [1.807, 2.05) is 6.92 Å². The van der Waals surface area contributed by atoms with E-state index in [1.54, 1.807) is 6.92 Å². The van der Waals surface area contributed by atoms with Crippen molar-refractivity contribution in [1.82, 2.24) is 5.32 Å². The summed E-state index contributed by atoms with van der Waals surface area (Å²) in [5, 5.41) is 11.4. The van der Waals surface area contributed by atoms with Gasteiger partial charge in [0.1, 0.15) is 0 Å². The number of nitrogens with one attached hydrogen (secondary N) is 1. The molecule has 72 valence electrons. The van der Waals surface area contributed by atoms with Crippen molar-refractivity contribution in [3.05, 3.63) is 0 Å². The molecular weight excluding hydrogens is 158 g/mol. The van der Waals surface area contributed by atoms with Crippen LogP contribution in [0.4, 0.5) is 0 Å². The van der Waals surface area contributed by atoms with Gasteiger partial charge in [0.15, 0.2) is 0 Å². The van der Waals surface area contributed by atoms with Crippen molar-refractivity contribution in [1.29, 1.82) is 0 Å². The highest BCUT2D eigenvalue weighted by Gasteiger charge is 2.01. The number of aliphatic hydroxyl groups is 1. The SMILES string of the molecule is CCOCCC(=O)NC[C@H](C)O. The zero-order valence-electron chi connectivity index (χ0n) is 7.67. The molecule has 0 bridgehead atoms. The van der Waals surface area contributed by atoms with Gasteiger partial charge in [-0.3, -0.25) is 4.79 Å². The fourth-order valence-corrected chi connectivity index (χ4v) is 0.659. The van der Waals surface area contributed by atoms with Gasteiger partial charge < -0.3 is 15.2 Å². The van der Waals surface area contributed by atoms with E-state index >= 15 is 0 Å². The summed E-state index contributed by atoms with van der Waals surface area (Å²) in [4.78, 5) is 10.9. The molecular formula is C8H17NO3. The van der Waals surface area contributed by atoms with Gasteiger partial charge in [-0.25, -0.2) is 0 Å². The van der Waals surface area contributed by atoms with Crippen molar-refractivity contribution in [2.75, 3.05) is 19.8 Å². The minimum absolute atomic E-state index is 0.0793. The highest BCUT2D eigenvalue weighted by Crippen LogP contribution is 1.83. The maximum absolute atomic E-state index is 10.9. The summed E-state index contributed by atoms with van der Waals surface area (Å²) in [6.07, 6.45) is -0.123. The van der Waals surface area contributed by atoms with E-state index in [0.29, 0.717) is 26.2 Å². The van der Waals surface area contributed by atoms with Crippen molar-refractivity contribution in [3.63, 3.8) is 0 Å².